The van der Waals surface area contributed by atoms with Gasteiger partial charge in [0.25, 0.3) is 0 Å². The number of amides is 2. The number of nitrogens with zero attached hydrogens (tertiary/aromatic N) is 4. The number of anilines is 1. The van der Waals surface area contributed by atoms with Crippen molar-refractivity contribution < 1.29 is 14.3 Å². The van der Waals surface area contributed by atoms with E-state index in [9.17, 15) is 9.59 Å². The van der Waals surface area contributed by atoms with Crippen molar-refractivity contribution >= 4 is 28.9 Å². The van der Waals surface area contributed by atoms with E-state index in [1.807, 2.05) is 31.4 Å². The fourth-order valence-electron chi connectivity index (χ4n) is 3.65. The highest BCUT2D eigenvalue weighted by atomic mass is 16.6. The van der Waals surface area contributed by atoms with Gasteiger partial charge in [-0.2, -0.15) is 5.10 Å². The Balaban J connectivity index is 1.45. The molecule has 0 aliphatic heterocycles. The molecule has 0 saturated heterocycles. The largest absolute Gasteiger partial charge is 0.446 e. The lowest BCUT2D eigenvalue weighted by Gasteiger charge is -2.26. The number of benzene rings is 1. The van der Waals surface area contributed by atoms with Crippen LogP contribution >= 0.6 is 0 Å². The molecule has 0 unspecified atom stereocenters. The molecule has 2 amide bonds. The summed E-state index contributed by atoms with van der Waals surface area (Å²) in [4.78, 5) is 32.2. The number of ether oxygens (including phenoxy) is 1. The van der Waals surface area contributed by atoms with Crippen LogP contribution in [-0.2, 0) is 16.6 Å². The summed E-state index contributed by atoms with van der Waals surface area (Å²) >= 11 is 0. The molecule has 3 aromatic rings. The van der Waals surface area contributed by atoms with Crippen LogP contribution < -0.4 is 11.1 Å². The Bertz CT molecular complexity index is 1060. The molecule has 0 bridgehead atoms. The predicted molar refractivity (Wildman–Crippen MR) is 107 cm³/mol. The molecule has 0 atom stereocenters. The van der Waals surface area contributed by atoms with Crippen molar-refractivity contribution in [3.05, 3.63) is 36.8 Å². The number of carbonyl (C=O) groups is 2. The fraction of sp³-hybridized carbons (Fsp3) is 0.350. The Hall–Kier alpha value is -3.49. The number of aromatic nitrogens is 4. The Morgan fingerprint density at radius 3 is 2.66 bits per heavy atom. The fourth-order valence-corrected chi connectivity index (χ4v) is 3.65. The van der Waals surface area contributed by atoms with Crippen molar-refractivity contribution in [2.45, 2.75) is 31.8 Å². The Kier molecular flexibility index (Phi) is 5.11. The van der Waals surface area contributed by atoms with Gasteiger partial charge in [0.15, 0.2) is 0 Å². The second kappa shape index (κ2) is 7.86. The molecule has 9 nitrogen and oxygen atoms in total. The molecule has 1 aromatic carbocycles. The minimum atomic E-state index is -0.770. The lowest BCUT2D eigenvalue weighted by Crippen LogP contribution is -2.32. The van der Waals surface area contributed by atoms with Crippen molar-refractivity contribution in [3.8, 4) is 11.1 Å². The number of aryl methyl sites for hydroxylation is 1. The van der Waals surface area contributed by atoms with Gasteiger partial charge in [0.2, 0.25) is 11.9 Å². The van der Waals surface area contributed by atoms with Crippen LogP contribution in [0.4, 0.5) is 10.7 Å². The van der Waals surface area contributed by atoms with Crippen LogP contribution in [0.25, 0.3) is 22.0 Å². The zero-order chi connectivity index (χ0) is 20.4. The summed E-state index contributed by atoms with van der Waals surface area (Å²) in [6.07, 6.45) is 6.94. The van der Waals surface area contributed by atoms with Crippen LogP contribution in [0.3, 0.4) is 0 Å². The topological polar surface area (TPSA) is 125 Å². The summed E-state index contributed by atoms with van der Waals surface area (Å²) in [7, 11) is 1.87. The van der Waals surface area contributed by atoms with Crippen LogP contribution in [0.2, 0.25) is 0 Å². The number of nitrogens with one attached hydrogen (secondary N) is 1. The van der Waals surface area contributed by atoms with Gasteiger partial charge < -0.3 is 10.5 Å². The smallest absolute Gasteiger partial charge is 0.404 e. The van der Waals surface area contributed by atoms with E-state index in [0.717, 1.165) is 22.0 Å². The maximum atomic E-state index is 12.6. The zero-order valence-electron chi connectivity index (χ0n) is 16.0. The molecule has 150 valence electrons. The van der Waals surface area contributed by atoms with Gasteiger partial charge in [-0.15, -0.1) is 0 Å². The average molecular weight is 394 g/mol. The van der Waals surface area contributed by atoms with E-state index >= 15 is 0 Å². The van der Waals surface area contributed by atoms with E-state index < -0.39 is 6.09 Å². The number of fused-ring (bicyclic) bond motifs is 1. The second-order valence-electron chi connectivity index (χ2n) is 7.27. The molecule has 1 saturated carbocycles. The molecule has 9 heteroatoms. The maximum Gasteiger partial charge on any atom is 0.404 e. The number of rotatable bonds is 4. The molecular formula is C20H22N6O3. The van der Waals surface area contributed by atoms with Gasteiger partial charge in [-0.05, 0) is 37.3 Å². The Morgan fingerprint density at radius 2 is 1.97 bits per heavy atom. The van der Waals surface area contributed by atoms with Gasteiger partial charge in [0, 0.05) is 36.3 Å². The highest BCUT2D eigenvalue weighted by Crippen LogP contribution is 2.27. The van der Waals surface area contributed by atoms with Crippen LogP contribution in [0.1, 0.15) is 25.7 Å². The van der Waals surface area contributed by atoms with Crippen molar-refractivity contribution in [3.63, 3.8) is 0 Å². The van der Waals surface area contributed by atoms with Gasteiger partial charge in [0.05, 0.1) is 11.7 Å². The molecule has 1 aliphatic carbocycles. The normalized spacial score (nSPS) is 19.1. The summed E-state index contributed by atoms with van der Waals surface area (Å²) in [5.74, 6) is -0.00427. The molecule has 29 heavy (non-hydrogen) atoms. The minimum Gasteiger partial charge on any atom is -0.446 e. The predicted octanol–water partition coefficient (Wildman–Crippen LogP) is 2.62. The second-order valence-corrected chi connectivity index (χ2v) is 7.27. The quantitative estimate of drug-likeness (QED) is 0.701. The van der Waals surface area contributed by atoms with E-state index in [4.69, 9.17) is 10.5 Å². The molecule has 4 rings (SSSR count). The maximum absolute atomic E-state index is 12.6. The van der Waals surface area contributed by atoms with Gasteiger partial charge in [-0.3, -0.25) is 14.8 Å². The van der Waals surface area contributed by atoms with Crippen molar-refractivity contribution in [1.82, 2.24) is 19.7 Å². The first-order valence-corrected chi connectivity index (χ1v) is 9.51. The molecule has 0 spiro atoms. The lowest BCUT2D eigenvalue weighted by atomic mass is 9.87. The van der Waals surface area contributed by atoms with Crippen LogP contribution in [0.5, 0.6) is 0 Å². The average Bonchev–Trinajstić information content (AvgIpc) is 3.14. The standard InChI is InChI=1S/C20H22N6O3/c1-26-11-15(10-23-26)13-2-3-14-9-22-20(24-17(14)8-13)25-18(27)12-4-6-16(7-5-12)29-19(21)28/h2-3,8-12,16H,4-7H2,1H3,(H2,21,28)(H,22,24,25,27)/t12-,16-. The number of carbonyl (C=O) groups excluding carboxylic acids is 2. The van der Waals surface area contributed by atoms with Crippen molar-refractivity contribution in [2.24, 2.45) is 18.7 Å². The zero-order valence-corrected chi connectivity index (χ0v) is 16.0. The SMILES string of the molecule is Cn1cc(-c2ccc3cnc(NC(=O)[C@H]4CC[C@H](OC(N)=O)CC4)nc3c2)cn1. The van der Waals surface area contributed by atoms with E-state index in [0.29, 0.717) is 25.7 Å². The molecule has 0 radical (unpaired) electrons. The molecule has 1 aliphatic rings. The molecule has 2 aromatic heterocycles. The van der Waals surface area contributed by atoms with Gasteiger partial charge in [-0.1, -0.05) is 12.1 Å². The van der Waals surface area contributed by atoms with Crippen LogP contribution in [0, 0.1) is 5.92 Å². The van der Waals surface area contributed by atoms with Gasteiger partial charge in [0.1, 0.15) is 6.10 Å². The number of primary amides is 1. The third-order valence-electron chi connectivity index (χ3n) is 5.18. The van der Waals surface area contributed by atoms with Crippen LogP contribution in [-0.4, -0.2) is 37.9 Å². The lowest BCUT2D eigenvalue weighted by molar-refractivity contribution is -0.121. The number of nitrogens with two attached hydrogens (primary N) is 1. The summed E-state index contributed by atoms with van der Waals surface area (Å²) in [5, 5.41) is 7.90. The van der Waals surface area contributed by atoms with Gasteiger partial charge >= 0.3 is 6.09 Å². The summed E-state index contributed by atoms with van der Waals surface area (Å²) in [5.41, 5.74) is 7.79. The molecule has 1 fully saturated rings. The minimum absolute atomic E-state index is 0.120. The van der Waals surface area contributed by atoms with Crippen molar-refractivity contribution in [1.29, 1.82) is 0 Å². The van der Waals surface area contributed by atoms with E-state index in [2.05, 4.69) is 20.4 Å². The van der Waals surface area contributed by atoms with E-state index in [1.165, 1.54) is 0 Å². The summed E-state index contributed by atoms with van der Waals surface area (Å²) in [6, 6.07) is 5.90. The first kappa shape index (κ1) is 18.9. The number of hydrogen-bond acceptors (Lipinski definition) is 6. The van der Waals surface area contributed by atoms with E-state index in [-0.39, 0.29) is 23.9 Å². The van der Waals surface area contributed by atoms with Gasteiger partial charge in [-0.25, -0.2) is 14.8 Å². The summed E-state index contributed by atoms with van der Waals surface area (Å²) in [6.45, 7) is 0. The highest BCUT2D eigenvalue weighted by molar-refractivity contribution is 5.92. The molecule has 3 N–H and O–H groups in total. The molecular weight excluding hydrogens is 372 g/mol. The Labute approximate surface area is 167 Å². The Morgan fingerprint density at radius 1 is 1.17 bits per heavy atom. The van der Waals surface area contributed by atoms with Crippen molar-refractivity contribution in [2.75, 3.05) is 5.32 Å². The third-order valence-corrected chi connectivity index (χ3v) is 5.18. The van der Waals surface area contributed by atoms with Crippen LogP contribution in [0.15, 0.2) is 36.8 Å². The highest BCUT2D eigenvalue weighted by Gasteiger charge is 2.28. The number of hydrogen-bond donors (Lipinski definition) is 2. The first-order chi connectivity index (χ1) is 14.0. The molecule has 2 heterocycles. The summed E-state index contributed by atoms with van der Waals surface area (Å²) < 4.78 is 6.76. The third kappa shape index (κ3) is 4.34. The first-order valence-electron chi connectivity index (χ1n) is 9.51. The monoisotopic (exact) mass is 394 g/mol. The van der Waals surface area contributed by atoms with E-state index in [1.54, 1.807) is 17.1 Å².